The van der Waals surface area contributed by atoms with Gasteiger partial charge in [-0.15, -0.1) is 5.10 Å². The maximum absolute atomic E-state index is 13.6. The highest BCUT2D eigenvalue weighted by Crippen LogP contribution is 2.57. The van der Waals surface area contributed by atoms with Crippen molar-refractivity contribution in [2.75, 3.05) is 25.1 Å². The third-order valence-electron chi connectivity index (χ3n) is 8.37. The zero-order valence-electron chi connectivity index (χ0n) is 26.0. The van der Waals surface area contributed by atoms with Crippen LogP contribution in [0.2, 0.25) is 0 Å². The summed E-state index contributed by atoms with van der Waals surface area (Å²) in [5, 5.41) is 4.26. The van der Waals surface area contributed by atoms with E-state index in [1.54, 1.807) is 0 Å². The molecular formula is C29H40F3N7O4S. The van der Waals surface area contributed by atoms with E-state index in [1.807, 2.05) is 18.7 Å². The van der Waals surface area contributed by atoms with Crippen LogP contribution in [0.4, 0.5) is 19.0 Å². The van der Waals surface area contributed by atoms with Crippen LogP contribution in [0.3, 0.4) is 0 Å². The maximum Gasteiger partial charge on any atom is 0.397 e. The Morgan fingerprint density at radius 3 is 2.41 bits per heavy atom. The number of anilines is 1. The fraction of sp³-hybridized carbons (Fsp3) is 0.586. The molecule has 1 aliphatic heterocycles. The van der Waals surface area contributed by atoms with Crippen molar-refractivity contribution in [1.82, 2.24) is 19.5 Å². The second kappa shape index (κ2) is 11.4. The fourth-order valence-electron chi connectivity index (χ4n) is 5.26. The van der Waals surface area contributed by atoms with Gasteiger partial charge in [-0.1, -0.05) is 20.8 Å². The molecule has 242 valence electrons. The largest absolute Gasteiger partial charge is 0.476 e. The van der Waals surface area contributed by atoms with Crippen LogP contribution in [0, 0.1) is 16.7 Å². The molecule has 3 N–H and O–H groups in total. The van der Waals surface area contributed by atoms with Crippen molar-refractivity contribution >= 4 is 28.0 Å². The summed E-state index contributed by atoms with van der Waals surface area (Å²) in [4.78, 5) is 23.7. The van der Waals surface area contributed by atoms with Crippen molar-refractivity contribution in [1.29, 1.82) is 0 Å². The summed E-state index contributed by atoms with van der Waals surface area (Å²) in [6.07, 6.45) is -0.994. The molecule has 1 aliphatic carbocycles. The van der Waals surface area contributed by atoms with Crippen LogP contribution in [0.1, 0.15) is 71.2 Å². The van der Waals surface area contributed by atoms with Crippen LogP contribution >= 0.6 is 0 Å². The van der Waals surface area contributed by atoms with Gasteiger partial charge in [0.15, 0.2) is 5.82 Å². The molecular weight excluding hydrogens is 599 g/mol. The average Bonchev–Trinajstić information content (AvgIpc) is 3.43. The van der Waals surface area contributed by atoms with Gasteiger partial charge in [0.2, 0.25) is 5.88 Å². The number of halogens is 3. The van der Waals surface area contributed by atoms with Gasteiger partial charge in [-0.2, -0.15) is 13.2 Å². The molecule has 1 atom stereocenters. The molecule has 44 heavy (non-hydrogen) atoms. The third kappa shape index (κ3) is 6.71. The first-order chi connectivity index (χ1) is 20.2. The number of sulfonamides is 1. The molecule has 0 aromatic carbocycles. The zero-order valence-corrected chi connectivity index (χ0v) is 26.8. The summed E-state index contributed by atoms with van der Waals surface area (Å²) in [6.45, 7) is 11.9. The summed E-state index contributed by atoms with van der Waals surface area (Å²) in [5.41, 5.74) is 3.36. The van der Waals surface area contributed by atoms with Crippen molar-refractivity contribution < 1.29 is 31.1 Å². The van der Waals surface area contributed by atoms with E-state index >= 15 is 0 Å². The predicted molar refractivity (Wildman–Crippen MR) is 161 cm³/mol. The van der Waals surface area contributed by atoms with Gasteiger partial charge in [-0.3, -0.25) is 9.79 Å². The van der Waals surface area contributed by atoms with Crippen molar-refractivity contribution in [3.8, 4) is 11.7 Å². The van der Waals surface area contributed by atoms with Gasteiger partial charge >= 0.3 is 6.18 Å². The standard InChI is InChI=1S/C29H40F3N7O4S/c1-18(33)21(15-34-7)44(41,42)37-25(40)20-8-9-22(35-24(20)38-16-19(26(2,3)4)14-27(38,5)6)39-13-10-23(36-39)43-17-28(11-12-28)29(30,31)32/h8-10,13,15,19H,11-12,14,16-17,33H2,1-7H3,(H,37,40). The number of amides is 1. The predicted octanol–water partition coefficient (Wildman–Crippen LogP) is 4.59. The number of ether oxygens (including phenoxy) is 1. The van der Waals surface area contributed by atoms with Gasteiger partial charge < -0.3 is 15.4 Å². The first-order valence-corrected chi connectivity index (χ1v) is 15.7. The van der Waals surface area contributed by atoms with E-state index in [4.69, 9.17) is 15.5 Å². The smallest absolute Gasteiger partial charge is 0.397 e. The molecule has 2 aromatic rings. The SMILES string of the molecule is CN=CC(=C(C)N)S(=O)(=O)NC(=O)c1ccc(-n2ccc(OCC3(C(F)(F)F)CC3)n2)nc1N1CC(C(C)(C)C)CC1(C)C. The number of carbonyl (C=O) groups is 1. The molecule has 1 amide bonds. The molecule has 2 aromatic heterocycles. The third-order valence-corrected chi connectivity index (χ3v) is 9.83. The van der Waals surface area contributed by atoms with E-state index in [9.17, 15) is 26.4 Å². The number of hydrogen-bond acceptors (Lipinski definition) is 9. The van der Waals surface area contributed by atoms with Crippen LogP contribution in [0.5, 0.6) is 5.88 Å². The Kier molecular flexibility index (Phi) is 8.61. The van der Waals surface area contributed by atoms with E-state index in [1.165, 1.54) is 43.0 Å². The van der Waals surface area contributed by atoms with Crippen molar-refractivity contribution in [3.05, 3.63) is 40.6 Å². The van der Waals surface area contributed by atoms with E-state index < -0.39 is 39.7 Å². The van der Waals surface area contributed by atoms with E-state index in [0.29, 0.717) is 6.54 Å². The molecule has 2 aliphatic rings. The second-order valence-electron chi connectivity index (χ2n) is 13.3. The number of hydrogen-bond donors (Lipinski definition) is 2. The zero-order chi connectivity index (χ0) is 32.9. The number of alkyl halides is 3. The van der Waals surface area contributed by atoms with Gasteiger partial charge in [0.1, 0.15) is 22.7 Å². The second-order valence-corrected chi connectivity index (χ2v) is 14.9. The maximum atomic E-state index is 13.6. The minimum atomic E-state index is -4.37. The lowest BCUT2D eigenvalue weighted by Gasteiger charge is -2.34. The van der Waals surface area contributed by atoms with Gasteiger partial charge in [0, 0.05) is 43.3 Å². The number of nitrogens with zero attached hydrogens (tertiary/aromatic N) is 5. The molecule has 0 bridgehead atoms. The number of allylic oxidation sites excluding steroid dienone is 2. The Bertz CT molecular complexity index is 1580. The monoisotopic (exact) mass is 639 g/mol. The van der Waals surface area contributed by atoms with E-state index in [2.05, 4.69) is 35.6 Å². The molecule has 1 unspecified atom stereocenters. The van der Waals surface area contributed by atoms with Gasteiger partial charge in [-0.05, 0) is 63.5 Å². The molecule has 3 heterocycles. The Labute approximate surface area is 255 Å². The summed E-state index contributed by atoms with van der Waals surface area (Å²) in [7, 11) is -2.99. The highest BCUT2D eigenvalue weighted by molar-refractivity contribution is 7.94. The quantitative estimate of drug-likeness (QED) is 0.379. The topological polar surface area (TPSA) is 145 Å². The van der Waals surface area contributed by atoms with Crippen molar-refractivity contribution in [3.63, 3.8) is 0 Å². The first kappa shape index (κ1) is 33.3. The molecule has 1 saturated carbocycles. The Morgan fingerprint density at radius 1 is 1.23 bits per heavy atom. The van der Waals surface area contributed by atoms with E-state index in [-0.39, 0.29) is 57.9 Å². The molecule has 2 fully saturated rings. The molecule has 1 saturated heterocycles. The number of aromatic nitrogens is 3. The van der Waals surface area contributed by atoms with Crippen LogP contribution in [0.15, 0.2) is 40.0 Å². The number of pyridine rings is 1. The van der Waals surface area contributed by atoms with Crippen molar-refractivity contribution in [2.24, 2.45) is 27.5 Å². The fourth-order valence-corrected chi connectivity index (χ4v) is 6.40. The number of carbonyl (C=O) groups excluding carboxylic acids is 1. The minimum Gasteiger partial charge on any atom is -0.476 e. The summed E-state index contributed by atoms with van der Waals surface area (Å²) >= 11 is 0. The number of nitrogens with one attached hydrogen (secondary N) is 1. The highest BCUT2D eigenvalue weighted by atomic mass is 32.2. The van der Waals surface area contributed by atoms with Crippen LogP contribution in [-0.4, -0.2) is 67.2 Å². The van der Waals surface area contributed by atoms with Crippen molar-refractivity contribution in [2.45, 2.75) is 72.5 Å². The number of nitrogens with two attached hydrogens (primary N) is 1. The molecule has 15 heteroatoms. The first-order valence-electron chi connectivity index (χ1n) is 14.2. The average molecular weight is 640 g/mol. The summed E-state index contributed by atoms with van der Waals surface area (Å²) in [5.74, 6) is -0.189. The Balaban J connectivity index is 1.71. The van der Waals surface area contributed by atoms with Crippen LogP contribution in [0.25, 0.3) is 5.82 Å². The molecule has 0 spiro atoms. The van der Waals surface area contributed by atoms with E-state index in [0.717, 1.165) is 12.6 Å². The number of rotatable bonds is 9. The highest BCUT2D eigenvalue weighted by Gasteiger charge is 2.64. The summed E-state index contributed by atoms with van der Waals surface area (Å²) < 4.78 is 75.0. The lowest BCUT2D eigenvalue weighted by molar-refractivity contribution is -0.194. The minimum absolute atomic E-state index is 0.000135. The normalized spacial score (nSPS) is 20.5. The molecule has 0 radical (unpaired) electrons. The molecule has 4 rings (SSSR count). The lowest BCUT2D eigenvalue weighted by atomic mass is 9.78. The van der Waals surface area contributed by atoms with Gasteiger partial charge in [0.25, 0.3) is 15.9 Å². The van der Waals surface area contributed by atoms with Gasteiger partial charge in [-0.25, -0.2) is 22.8 Å². The Morgan fingerprint density at radius 2 is 1.89 bits per heavy atom. The summed E-state index contributed by atoms with van der Waals surface area (Å²) in [6, 6.07) is 4.36. The van der Waals surface area contributed by atoms with Crippen LogP contribution < -0.4 is 20.1 Å². The van der Waals surface area contributed by atoms with Gasteiger partial charge in [0.05, 0.1) is 5.56 Å². The van der Waals surface area contributed by atoms with Crippen LogP contribution in [-0.2, 0) is 10.0 Å². The Hall–Kier alpha value is -3.62. The number of aliphatic imine (C=N–C) groups is 1. The molecule has 11 nitrogen and oxygen atoms in total. The lowest BCUT2D eigenvalue weighted by Crippen LogP contribution is -2.41.